The highest BCUT2D eigenvalue weighted by Gasteiger charge is 2.32. The van der Waals surface area contributed by atoms with Crippen molar-refractivity contribution in [1.82, 2.24) is 5.01 Å². The monoisotopic (exact) mass is 138 g/mol. The van der Waals surface area contributed by atoms with Gasteiger partial charge in [-0.1, -0.05) is 0 Å². The van der Waals surface area contributed by atoms with Gasteiger partial charge in [0.2, 0.25) is 0 Å². The maximum atomic E-state index is 4.48. The van der Waals surface area contributed by atoms with Crippen LogP contribution in [-0.4, -0.2) is 23.8 Å². The molecule has 0 radical (unpaired) electrons. The second kappa shape index (κ2) is 1.97. The minimum Gasteiger partial charge on any atom is -0.297 e. The van der Waals surface area contributed by atoms with E-state index in [1.165, 1.54) is 25.0 Å². The minimum absolute atomic E-state index is 0.649. The highest BCUT2D eigenvalue weighted by molar-refractivity contribution is 5.90. The fourth-order valence-electron chi connectivity index (χ4n) is 1.44. The highest BCUT2D eigenvalue weighted by Crippen LogP contribution is 2.34. The van der Waals surface area contributed by atoms with Gasteiger partial charge in [-0.3, -0.25) is 5.01 Å². The van der Waals surface area contributed by atoms with E-state index in [-0.39, 0.29) is 0 Å². The molecule has 0 aromatic heterocycles. The largest absolute Gasteiger partial charge is 0.297 e. The Morgan fingerprint density at radius 2 is 2.20 bits per heavy atom. The maximum absolute atomic E-state index is 4.48. The predicted molar refractivity (Wildman–Crippen MR) is 42.0 cm³/mol. The third-order valence-corrected chi connectivity index (χ3v) is 2.48. The van der Waals surface area contributed by atoms with Crippen molar-refractivity contribution in [2.24, 2.45) is 11.0 Å². The average Bonchev–Trinajstić information content (AvgIpc) is 2.64. The Morgan fingerprint density at radius 1 is 1.50 bits per heavy atom. The fourth-order valence-corrected chi connectivity index (χ4v) is 1.44. The molecular weight excluding hydrogens is 124 g/mol. The zero-order chi connectivity index (χ0) is 7.14. The molecule has 0 N–H and O–H groups in total. The highest BCUT2D eigenvalue weighted by atomic mass is 15.5. The Bertz CT molecular complexity index is 170. The number of hydrogen-bond donors (Lipinski definition) is 0. The third kappa shape index (κ3) is 0.917. The number of nitrogens with zero attached hydrogens (tertiary/aromatic N) is 2. The Balaban J connectivity index is 2.04. The summed E-state index contributed by atoms with van der Waals surface area (Å²) in [4.78, 5) is 0. The molecule has 0 spiro atoms. The summed E-state index contributed by atoms with van der Waals surface area (Å²) in [5, 5.41) is 6.57. The van der Waals surface area contributed by atoms with Gasteiger partial charge in [0, 0.05) is 25.2 Å². The van der Waals surface area contributed by atoms with E-state index in [4.69, 9.17) is 0 Å². The second-order valence-corrected chi connectivity index (χ2v) is 3.49. The van der Waals surface area contributed by atoms with Crippen molar-refractivity contribution in [3.63, 3.8) is 0 Å². The molecule has 1 fully saturated rings. The molecule has 1 heterocycles. The molecule has 2 heteroatoms. The molecule has 0 bridgehead atoms. The topological polar surface area (TPSA) is 15.6 Å². The van der Waals surface area contributed by atoms with Crippen molar-refractivity contribution < 1.29 is 0 Å². The first-order chi connectivity index (χ1) is 4.77. The molecule has 1 saturated carbocycles. The van der Waals surface area contributed by atoms with Gasteiger partial charge in [0.15, 0.2) is 0 Å². The zero-order valence-electron chi connectivity index (χ0n) is 6.67. The average molecular weight is 138 g/mol. The normalized spacial score (nSPS) is 32.8. The van der Waals surface area contributed by atoms with Crippen LogP contribution >= 0.6 is 0 Å². The molecule has 0 saturated heterocycles. The molecule has 1 aliphatic carbocycles. The van der Waals surface area contributed by atoms with Crippen LogP contribution in [-0.2, 0) is 0 Å². The maximum Gasteiger partial charge on any atom is 0.0492 e. The quantitative estimate of drug-likeness (QED) is 0.536. The molecule has 0 aromatic rings. The summed E-state index contributed by atoms with van der Waals surface area (Å²) in [5.74, 6) is 0.868. The Morgan fingerprint density at radius 3 is 2.60 bits per heavy atom. The Labute approximate surface area is 61.9 Å². The third-order valence-electron chi connectivity index (χ3n) is 2.48. The molecule has 1 atom stereocenters. The molecule has 2 rings (SSSR count). The number of hydrazone groups is 1. The van der Waals surface area contributed by atoms with Crippen LogP contribution in [0.5, 0.6) is 0 Å². The second-order valence-electron chi connectivity index (χ2n) is 3.49. The smallest absolute Gasteiger partial charge is 0.0492 e. The molecule has 0 unspecified atom stereocenters. The lowest BCUT2D eigenvalue weighted by atomic mass is 10.1. The van der Waals surface area contributed by atoms with Gasteiger partial charge in [-0.25, -0.2) is 0 Å². The van der Waals surface area contributed by atoms with Gasteiger partial charge in [-0.05, 0) is 25.7 Å². The van der Waals surface area contributed by atoms with Crippen molar-refractivity contribution in [3.8, 4) is 0 Å². The summed E-state index contributed by atoms with van der Waals surface area (Å²) in [6.07, 6.45) is 3.99. The first-order valence-electron chi connectivity index (χ1n) is 4.07. The molecule has 0 aromatic carbocycles. The van der Waals surface area contributed by atoms with Crippen LogP contribution in [0.2, 0.25) is 0 Å². The summed E-state index contributed by atoms with van der Waals surface area (Å²) in [7, 11) is 2.07. The summed E-state index contributed by atoms with van der Waals surface area (Å²) >= 11 is 0. The van der Waals surface area contributed by atoms with Crippen molar-refractivity contribution in [2.75, 3.05) is 7.05 Å². The van der Waals surface area contributed by atoms with Crippen LogP contribution in [0.4, 0.5) is 0 Å². The lowest BCUT2D eigenvalue weighted by Crippen LogP contribution is -2.17. The van der Waals surface area contributed by atoms with Crippen LogP contribution in [0.1, 0.15) is 26.2 Å². The molecule has 10 heavy (non-hydrogen) atoms. The first-order valence-corrected chi connectivity index (χ1v) is 4.07. The van der Waals surface area contributed by atoms with E-state index in [0.29, 0.717) is 6.04 Å². The zero-order valence-corrected chi connectivity index (χ0v) is 6.67. The van der Waals surface area contributed by atoms with Crippen LogP contribution < -0.4 is 0 Å². The van der Waals surface area contributed by atoms with Gasteiger partial charge in [0.05, 0.1) is 0 Å². The van der Waals surface area contributed by atoms with Gasteiger partial charge in [0.25, 0.3) is 0 Å². The van der Waals surface area contributed by atoms with E-state index < -0.39 is 0 Å². The summed E-state index contributed by atoms with van der Waals surface area (Å²) in [5.41, 5.74) is 1.45. The molecular formula is C8H14N2. The fraction of sp³-hybridized carbons (Fsp3) is 0.875. The van der Waals surface area contributed by atoms with Crippen LogP contribution in [0, 0.1) is 5.92 Å². The summed E-state index contributed by atoms with van der Waals surface area (Å²) < 4.78 is 0. The SMILES string of the molecule is C[C@@H]1CC(C2CC2)=NN1C. The Kier molecular flexibility index (Phi) is 1.22. The van der Waals surface area contributed by atoms with Gasteiger partial charge < -0.3 is 0 Å². The molecule has 1 aliphatic heterocycles. The van der Waals surface area contributed by atoms with Gasteiger partial charge in [0.1, 0.15) is 0 Å². The van der Waals surface area contributed by atoms with E-state index >= 15 is 0 Å². The molecule has 56 valence electrons. The minimum atomic E-state index is 0.649. The van der Waals surface area contributed by atoms with E-state index in [1.807, 2.05) is 0 Å². The van der Waals surface area contributed by atoms with Crippen molar-refractivity contribution >= 4 is 5.71 Å². The van der Waals surface area contributed by atoms with Crippen molar-refractivity contribution in [1.29, 1.82) is 0 Å². The van der Waals surface area contributed by atoms with E-state index in [9.17, 15) is 0 Å². The first kappa shape index (κ1) is 6.20. The standard InChI is InChI=1S/C8H14N2/c1-6-5-8(7-3-4-7)9-10(6)2/h6-7H,3-5H2,1-2H3/t6-/m1/s1. The molecule has 2 aliphatic rings. The predicted octanol–water partition coefficient (Wildman–Crippen LogP) is 1.48. The Hall–Kier alpha value is -0.530. The van der Waals surface area contributed by atoms with Gasteiger partial charge >= 0.3 is 0 Å². The molecule has 2 nitrogen and oxygen atoms in total. The summed E-state index contributed by atoms with van der Waals surface area (Å²) in [6.45, 7) is 2.24. The van der Waals surface area contributed by atoms with E-state index in [0.717, 1.165) is 5.92 Å². The lowest BCUT2D eigenvalue weighted by molar-refractivity contribution is 0.303. The van der Waals surface area contributed by atoms with Crippen LogP contribution in [0.15, 0.2) is 5.10 Å². The number of rotatable bonds is 1. The van der Waals surface area contributed by atoms with Crippen molar-refractivity contribution in [3.05, 3.63) is 0 Å². The van der Waals surface area contributed by atoms with Crippen LogP contribution in [0.3, 0.4) is 0 Å². The van der Waals surface area contributed by atoms with Crippen molar-refractivity contribution in [2.45, 2.75) is 32.2 Å². The number of hydrogen-bond acceptors (Lipinski definition) is 2. The van der Waals surface area contributed by atoms with Gasteiger partial charge in [-0.15, -0.1) is 0 Å². The molecule has 0 amide bonds. The van der Waals surface area contributed by atoms with Gasteiger partial charge in [-0.2, -0.15) is 5.10 Å². The summed E-state index contributed by atoms with van der Waals surface area (Å²) in [6, 6.07) is 0.649. The van der Waals surface area contributed by atoms with E-state index in [1.54, 1.807) is 0 Å². The lowest BCUT2D eigenvalue weighted by Gasteiger charge is -2.11. The van der Waals surface area contributed by atoms with E-state index in [2.05, 4.69) is 24.1 Å². The van der Waals surface area contributed by atoms with Crippen LogP contribution in [0.25, 0.3) is 0 Å².